The zero-order chi connectivity index (χ0) is 19.0. The molecule has 7 nitrogen and oxygen atoms in total. The van der Waals surface area contributed by atoms with Crippen LogP contribution in [0.1, 0.15) is 23.2 Å². The quantitative estimate of drug-likeness (QED) is 0.808. The Hall–Kier alpha value is -2.03. The van der Waals surface area contributed by atoms with Crippen LogP contribution in [0.5, 0.6) is 0 Å². The molecule has 144 valence electrons. The standard InChI is InChI=1S/C19H24N4O3S/c1-21-18(25)15-5-4-13(11-16(15)20-19(21)27)17(24)23-8-6-22(7-9-23)12-14-3-2-10-26-14/h4-5,11,14H,2-3,6-10,12H2,1H3,(H,20,27). The molecule has 1 unspecified atom stereocenters. The van der Waals surface area contributed by atoms with Crippen LogP contribution in [0.3, 0.4) is 0 Å². The monoisotopic (exact) mass is 388 g/mol. The van der Waals surface area contributed by atoms with Gasteiger partial charge < -0.3 is 14.6 Å². The van der Waals surface area contributed by atoms with Gasteiger partial charge in [0.25, 0.3) is 11.5 Å². The van der Waals surface area contributed by atoms with Crippen molar-refractivity contribution in [2.75, 3.05) is 39.3 Å². The summed E-state index contributed by atoms with van der Waals surface area (Å²) >= 11 is 5.17. The van der Waals surface area contributed by atoms with Crippen molar-refractivity contribution in [3.05, 3.63) is 38.9 Å². The van der Waals surface area contributed by atoms with Crippen LogP contribution in [0.15, 0.2) is 23.0 Å². The largest absolute Gasteiger partial charge is 0.377 e. The molecule has 0 bridgehead atoms. The lowest BCUT2D eigenvalue weighted by atomic mass is 10.1. The Morgan fingerprint density at radius 2 is 2.07 bits per heavy atom. The van der Waals surface area contributed by atoms with E-state index in [0.29, 0.717) is 40.4 Å². The van der Waals surface area contributed by atoms with E-state index in [-0.39, 0.29) is 11.5 Å². The Kier molecular flexibility index (Phi) is 5.12. The van der Waals surface area contributed by atoms with Crippen molar-refractivity contribution in [3.63, 3.8) is 0 Å². The van der Waals surface area contributed by atoms with Crippen molar-refractivity contribution in [2.24, 2.45) is 7.05 Å². The highest BCUT2D eigenvalue weighted by Crippen LogP contribution is 2.17. The lowest BCUT2D eigenvalue weighted by molar-refractivity contribution is 0.0433. The third-order valence-electron chi connectivity index (χ3n) is 5.49. The molecule has 8 heteroatoms. The molecule has 0 aliphatic carbocycles. The number of carbonyl (C=O) groups excluding carboxylic acids is 1. The zero-order valence-electron chi connectivity index (χ0n) is 15.4. The lowest BCUT2D eigenvalue weighted by Gasteiger charge is -2.35. The Bertz CT molecular complexity index is 969. The fourth-order valence-corrected chi connectivity index (χ4v) is 4.02. The molecule has 0 radical (unpaired) electrons. The van der Waals surface area contributed by atoms with Gasteiger partial charge in [0, 0.05) is 51.9 Å². The summed E-state index contributed by atoms with van der Waals surface area (Å²) in [5.41, 5.74) is 1.02. The highest BCUT2D eigenvalue weighted by atomic mass is 32.1. The summed E-state index contributed by atoms with van der Waals surface area (Å²) in [6.07, 6.45) is 2.63. The topological polar surface area (TPSA) is 70.6 Å². The van der Waals surface area contributed by atoms with Crippen LogP contribution in [0, 0.1) is 4.77 Å². The van der Waals surface area contributed by atoms with Crippen molar-refractivity contribution in [3.8, 4) is 0 Å². The maximum atomic E-state index is 12.9. The van der Waals surface area contributed by atoms with Crippen molar-refractivity contribution >= 4 is 29.0 Å². The average molecular weight is 388 g/mol. The van der Waals surface area contributed by atoms with E-state index >= 15 is 0 Å². The second kappa shape index (κ2) is 7.53. The number of benzene rings is 1. The third-order valence-corrected chi connectivity index (χ3v) is 5.87. The molecule has 2 fully saturated rings. The van der Waals surface area contributed by atoms with Gasteiger partial charge in [0.15, 0.2) is 4.77 Å². The van der Waals surface area contributed by atoms with Crippen molar-refractivity contribution in [1.82, 2.24) is 19.4 Å². The molecule has 2 aromatic rings. The fraction of sp³-hybridized carbons (Fsp3) is 0.526. The molecule has 3 heterocycles. The maximum absolute atomic E-state index is 12.9. The first-order valence-corrected chi connectivity index (χ1v) is 9.80. The molecule has 4 rings (SSSR count). The van der Waals surface area contributed by atoms with Crippen LogP contribution in [-0.4, -0.2) is 70.7 Å². The highest BCUT2D eigenvalue weighted by molar-refractivity contribution is 7.71. The van der Waals surface area contributed by atoms with Gasteiger partial charge in [-0.2, -0.15) is 0 Å². The van der Waals surface area contributed by atoms with E-state index < -0.39 is 0 Å². The number of fused-ring (bicyclic) bond motifs is 1. The van der Waals surface area contributed by atoms with Crippen molar-refractivity contribution < 1.29 is 9.53 Å². The second-order valence-corrected chi connectivity index (χ2v) is 7.67. The van der Waals surface area contributed by atoms with E-state index in [1.807, 2.05) is 4.90 Å². The van der Waals surface area contributed by atoms with Crippen LogP contribution < -0.4 is 5.56 Å². The number of aromatic amines is 1. The minimum atomic E-state index is -0.157. The number of amides is 1. The number of carbonyl (C=O) groups is 1. The van der Waals surface area contributed by atoms with Gasteiger partial charge in [-0.3, -0.25) is 19.1 Å². The summed E-state index contributed by atoms with van der Waals surface area (Å²) in [6.45, 7) is 4.96. The molecule has 27 heavy (non-hydrogen) atoms. The molecular formula is C19H24N4O3S. The zero-order valence-corrected chi connectivity index (χ0v) is 16.3. The SMILES string of the molecule is Cn1c(=S)[nH]c2cc(C(=O)N3CCN(CC4CCCO4)CC3)ccc2c1=O. The van der Waals surface area contributed by atoms with Gasteiger partial charge in [0.2, 0.25) is 0 Å². The van der Waals surface area contributed by atoms with Crippen molar-refractivity contribution in [2.45, 2.75) is 18.9 Å². The molecular weight excluding hydrogens is 364 g/mol. The summed E-state index contributed by atoms with van der Waals surface area (Å²) in [4.78, 5) is 32.4. The summed E-state index contributed by atoms with van der Waals surface area (Å²) in [5, 5.41) is 0.532. The number of ether oxygens (including phenoxy) is 1. The Morgan fingerprint density at radius 3 is 2.78 bits per heavy atom. The van der Waals surface area contributed by atoms with E-state index in [9.17, 15) is 9.59 Å². The van der Waals surface area contributed by atoms with Gasteiger partial charge in [0.05, 0.1) is 17.0 Å². The van der Waals surface area contributed by atoms with Crippen LogP contribution in [0.4, 0.5) is 0 Å². The van der Waals surface area contributed by atoms with Crippen LogP contribution in [-0.2, 0) is 11.8 Å². The molecule has 0 spiro atoms. The molecule has 1 amide bonds. The number of hydrogen-bond acceptors (Lipinski definition) is 5. The molecule has 2 aliphatic rings. The number of rotatable bonds is 3. The molecule has 2 saturated heterocycles. The predicted molar refractivity (Wildman–Crippen MR) is 106 cm³/mol. The molecule has 1 aromatic heterocycles. The average Bonchev–Trinajstić information content (AvgIpc) is 3.19. The first kappa shape index (κ1) is 18.3. The first-order chi connectivity index (χ1) is 13.0. The van der Waals surface area contributed by atoms with Crippen LogP contribution in [0.25, 0.3) is 10.9 Å². The van der Waals surface area contributed by atoms with Gasteiger partial charge >= 0.3 is 0 Å². The van der Waals surface area contributed by atoms with Gasteiger partial charge in [-0.1, -0.05) is 0 Å². The van der Waals surface area contributed by atoms with Crippen LogP contribution >= 0.6 is 12.2 Å². The number of piperazine rings is 1. The van der Waals surface area contributed by atoms with E-state index in [4.69, 9.17) is 17.0 Å². The van der Waals surface area contributed by atoms with E-state index in [1.54, 1.807) is 25.2 Å². The number of aromatic nitrogens is 2. The minimum Gasteiger partial charge on any atom is -0.377 e. The Labute approximate surface area is 162 Å². The summed E-state index contributed by atoms with van der Waals surface area (Å²) < 4.78 is 7.45. The predicted octanol–water partition coefficient (Wildman–Crippen LogP) is 1.53. The molecule has 1 N–H and O–H groups in total. The van der Waals surface area contributed by atoms with E-state index in [1.165, 1.54) is 4.57 Å². The maximum Gasteiger partial charge on any atom is 0.261 e. The number of H-pyrrole nitrogens is 1. The molecule has 2 aliphatic heterocycles. The second-order valence-electron chi connectivity index (χ2n) is 7.28. The van der Waals surface area contributed by atoms with Crippen LogP contribution in [0.2, 0.25) is 0 Å². The fourth-order valence-electron chi connectivity index (χ4n) is 3.83. The number of nitrogens with one attached hydrogen (secondary N) is 1. The normalized spacial score (nSPS) is 21.1. The summed E-state index contributed by atoms with van der Waals surface area (Å²) in [7, 11) is 1.63. The lowest BCUT2D eigenvalue weighted by Crippen LogP contribution is -2.50. The Morgan fingerprint density at radius 1 is 1.30 bits per heavy atom. The minimum absolute atomic E-state index is 0.00587. The van der Waals surface area contributed by atoms with E-state index in [0.717, 1.165) is 39.1 Å². The van der Waals surface area contributed by atoms with Gasteiger partial charge in [0.1, 0.15) is 0 Å². The number of nitrogens with zero attached hydrogens (tertiary/aromatic N) is 3. The van der Waals surface area contributed by atoms with Gasteiger partial charge in [-0.25, -0.2) is 0 Å². The third kappa shape index (κ3) is 3.69. The molecule has 0 saturated carbocycles. The van der Waals surface area contributed by atoms with Gasteiger partial charge in [-0.15, -0.1) is 0 Å². The molecule has 1 aromatic carbocycles. The smallest absolute Gasteiger partial charge is 0.261 e. The van der Waals surface area contributed by atoms with Gasteiger partial charge in [-0.05, 0) is 43.3 Å². The Balaban J connectivity index is 1.46. The molecule has 1 atom stereocenters. The number of hydrogen-bond donors (Lipinski definition) is 1. The van der Waals surface area contributed by atoms with Crippen molar-refractivity contribution in [1.29, 1.82) is 0 Å². The highest BCUT2D eigenvalue weighted by Gasteiger charge is 2.25. The first-order valence-electron chi connectivity index (χ1n) is 9.39. The van der Waals surface area contributed by atoms with E-state index in [2.05, 4.69) is 9.88 Å². The summed E-state index contributed by atoms with van der Waals surface area (Å²) in [6, 6.07) is 5.15. The summed E-state index contributed by atoms with van der Waals surface area (Å²) in [5.74, 6) is -0.00587.